The van der Waals surface area contributed by atoms with Crippen molar-refractivity contribution in [1.29, 1.82) is 0 Å². The average molecular weight is 432 g/mol. The average Bonchev–Trinajstić information content (AvgIpc) is 2.48. The van der Waals surface area contributed by atoms with E-state index < -0.39 is 25.9 Å². The van der Waals surface area contributed by atoms with Crippen LogP contribution in [0.2, 0.25) is 0 Å². The number of rotatable bonds is 6. The lowest BCUT2D eigenvalue weighted by Crippen LogP contribution is -2.28. The van der Waals surface area contributed by atoms with Crippen LogP contribution in [-0.2, 0) is 25.6 Å². The molecule has 2 rings (SSSR count). The van der Waals surface area contributed by atoms with E-state index in [1.807, 2.05) is 0 Å². The van der Waals surface area contributed by atoms with Gasteiger partial charge in [0.1, 0.15) is 0 Å². The van der Waals surface area contributed by atoms with Gasteiger partial charge >= 0.3 is 0 Å². The van der Waals surface area contributed by atoms with E-state index in [0.29, 0.717) is 11.1 Å². The molecule has 0 heterocycles. The highest BCUT2D eigenvalue weighted by Crippen LogP contribution is 2.18. The molecule has 2 aromatic carbocycles. The van der Waals surface area contributed by atoms with Crippen molar-refractivity contribution in [2.75, 3.05) is 6.26 Å². The molecule has 0 radical (unpaired) electrons. The lowest BCUT2D eigenvalue weighted by molar-refractivity contribution is 0.565. The van der Waals surface area contributed by atoms with Gasteiger partial charge in [-0.05, 0) is 42.3 Å². The summed E-state index contributed by atoms with van der Waals surface area (Å²) in [6, 6.07) is 12.8. The van der Waals surface area contributed by atoms with Crippen molar-refractivity contribution in [2.45, 2.75) is 23.6 Å². The van der Waals surface area contributed by atoms with E-state index >= 15 is 0 Å². The molecular weight excluding hydrogens is 414 g/mol. The van der Waals surface area contributed by atoms with Crippen LogP contribution in [0.3, 0.4) is 0 Å². The van der Waals surface area contributed by atoms with Gasteiger partial charge in [-0.15, -0.1) is 0 Å². The van der Waals surface area contributed by atoms with E-state index in [0.717, 1.165) is 10.7 Å². The fourth-order valence-corrected chi connectivity index (χ4v) is 4.47. The normalized spacial score (nSPS) is 13.6. The van der Waals surface area contributed by atoms with Crippen LogP contribution in [0, 0.1) is 0 Å². The van der Waals surface area contributed by atoms with E-state index in [9.17, 15) is 16.8 Å². The Bertz CT molecular complexity index is 906. The van der Waals surface area contributed by atoms with E-state index in [1.165, 1.54) is 12.1 Å². The topological polar surface area (TPSA) is 80.3 Å². The van der Waals surface area contributed by atoms with Crippen molar-refractivity contribution < 1.29 is 16.8 Å². The maximum absolute atomic E-state index is 12.3. The van der Waals surface area contributed by atoms with Gasteiger partial charge in [0.05, 0.1) is 10.6 Å². The van der Waals surface area contributed by atoms with Crippen molar-refractivity contribution >= 4 is 35.8 Å². The van der Waals surface area contributed by atoms with Gasteiger partial charge in [0.25, 0.3) is 0 Å². The first-order chi connectivity index (χ1) is 11.1. The summed E-state index contributed by atoms with van der Waals surface area (Å²) in [7, 11) is -6.78. The van der Waals surface area contributed by atoms with Gasteiger partial charge in [-0.2, -0.15) is 0 Å². The zero-order valence-corrected chi connectivity index (χ0v) is 16.4. The standard InChI is InChI=1S/C16H18BrNO4S2/c1-12(14-5-9-16(10-6-14)23(2,19)20)18-24(21,22)11-13-3-7-15(17)8-4-13/h3-10,12,18H,11H2,1-2H3/t12-/m0/s1. The smallest absolute Gasteiger partial charge is 0.216 e. The van der Waals surface area contributed by atoms with Gasteiger partial charge in [-0.1, -0.05) is 40.2 Å². The van der Waals surface area contributed by atoms with Crippen molar-refractivity contribution in [2.24, 2.45) is 0 Å². The molecule has 0 aliphatic rings. The van der Waals surface area contributed by atoms with Crippen LogP contribution in [0.15, 0.2) is 57.9 Å². The van der Waals surface area contributed by atoms with Gasteiger partial charge in [0.2, 0.25) is 10.0 Å². The molecule has 0 aromatic heterocycles. The largest absolute Gasteiger partial charge is 0.224 e. The number of hydrogen-bond acceptors (Lipinski definition) is 4. The zero-order chi connectivity index (χ0) is 18.0. The lowest BCUT2D eigenvalue weighted by Gasteiger charge is -2.15. The molecule has 0 amide bonds. The van der Waals surface area contributed by atoms with Gasteiger partial charge in [0.15, 0.2) is 9.84 Å². The molecule has 0 spiro atoms. The third-order valence-electron chi connectivity index (χ3n) is 3.43. The maximum Gasteiger partial charge on any atom is 0.216 e. The molecule has 0 saturated heterocycles. The highest BCUT2D eigenvalue weighted by atomic mass is 79.9. The monoisotopic (exact) mass is 431 g/mol. The van der Waals surface area contributed by atoms with Crippen molar-refractivity contribution in [3.8, 4) is 0 Å². The van der Waals surface area contributed by atoms with Crippen LogP contribution in [0.5, 0.6) is 0 Å². The SMILES string of the molecule is C[C@H](NS(=O)(=O)Cc1ccc(Br)cc1)c1ccc(S(C)(=O)=O)cc1. The first-order valence-electron chi connectivity index (χ1n) is 7.11. The molecule has 0 bridgehead atoms. The van der Waals surface area contributed by atoms with Crippen molar-refractivity contribution in [3.63, 3.8) is 0 Å². The molecule has 0 fully saturated rings. The lowest BCUT2D eigenvalue weighted by atomic mass is 10.1. The predicted molar refractivity (Wildman–Crippen MR) is 97.9 cm³/mol. The fourth-order valence-electron chi connectivity index (χ4n) is 2.18. The van der Waals surface area contributed by atoms with E-state index in [1.54, 1.807) is 43.3 Å². The number of halogens is 1. The first-order valence-corrected chi connectivity index (χ1v) is 11.4. The minimum atomic E-state index is -3.52. The second kappa shape index (κ2) is 7.35. The Hall–Kier alpha value is -1.22. The molecule has 130 valence electrons. The molecule has 0 aliphatic heterocycles. The minimum Gasteiger partial charge on any atom is -0.224 e. The Balaban J connectivity index is 2.10. The van der Waals surface area contributed by atoms with Crippen molar-refractivity contribution in [1.82, 2.24) is 4.72 Å². The highest BCUT2D eigenvalue weighted by Gasteiger charge is 2.17. The molecule has 2 aromatic rings. The predicted octanol–water partition coefficient (Wildman–Crippen LogP) is 3.03. The highest BCUT2D eigenvalue weighted by molar-refractivity contribution is 9.10. The Morgan fingerprint density at radius 2 is 1.50 bits per heavy atom. The summed E-state index contributed by atoms with van der Waals surface area (Å²) in [6.07, 6.45) is 1.13. The van der Waals surface area contributed by atoms with E-state index in [2.05, 4.69) is 20.7 Å². The summed E-state index contributed by atoms with van der Waals surface area (Å²) in [5, 5.41) is 0. The third-order valence-corrected chi connectivity index (χ3v) is 6.52. The van der Waals surface area contributed by atoms with Gasteiger partial charge in [0, 0.05) is 16.8 Å². The number of benzene rings is 2. The number of sulfone groups is 1. The Labute approximate surface area is 151 Å². The van der Waals surface area contributed by atoms with E-state index in [4.69, 9.17) is 0 Å². The summed E-state index contributed by atoms with van der Waals surface area (Å²) < 4.78 is 51.0. The molecule has 0 unspecified atom stereocenters. The Morgan fingerprint density at radius 3 is 2.00 bits per heavy atom. The molecular formula is C16H18BrNO4S2. The molecule has 0 aliphatic carbocycles. The van der Waals surface area contributed by atoms with Crippen LogP contribution in [-0.4, -0.2) is 23.1 Å². The molecule has 0 saturated carbocycles. The number of sulfonamides is 1. The van der Waals surface area contributed by atoms with E-state index in [-0.39, 0.29) is 10.6 Å². The third kappa shape index (κ3) is 5.41. The molecule has 5 nitrogen and oxygen atoms in total. The molecule has 8 heteroatoms. The van der Waals surface area contributed by atoms with Crippen LogP contribution < -0.4 is 4.72 Å². The first kappa shape index (κ1) is 19.1. The Kier molecular flexibility index (Phi) is 5.85. The molecule has 24 heavy (non-hydrogen) atoms. The fraction of sp³-hybridized carbons (Fsp3) is 0.250. The Morgan fingerprint density at radius 1 is 0.958 bits per heavy atom. The van der Waals surface area contributed by atoms with Gasteiger partial charge < -0.3 is 0 Å². The maximum atomic E-state index is 12.3. The van der Waals surface area contributed by atoms with Crippen LogP contribution >= 0.6 is 15.9 Å². The summed E-state index contributed by atoms with van der Waals surface area (Å²) in [4.78, 5) is 0.205. The summed E-state index contributed by atoms with van der Waals surface area (Å²) in [6.45, 7) is 1.72. The van der Waals surface area contributed by atoms with Gasteiger partial charge in [-0.25, -0.2) is 21.6 Å². The second-order valence-electron chi connectivity index (χ2n) is 5.57. The quantitative estimate of drug-likeness (QED) is 0.761. The zero-order valence-electron chi connectivity index (χ0n) is 13.2. The van der Waals surface area contributed by atoms with Crippen molar-refractivity contribution in [3.05, 3.63) is 64.1 Å². The van der Waals surface area contributed by atoms with Gasteiger partial charge in [-0.3, -0.25) is 0 Å². The second-order valence-corrected chi connectivity index (χ2v) is 10.3. The van der Waals surface area contributed by atoms with Crippen LogP contribution in [0.4, 0.5) is 0 Å². The number of nitrogens with one attached hydrogen (secondary N) is 1. The van der Waals surface area contributed by atoms with Crippen LogP contribution in [0.25, 0.3) is 0 Å². The summed E-state index contributed by atoms with van der Waals surface area (Å²) in [5.41, 5.74) is 1.38. The summed E-state index contributed by atoms with van der Waals surface area (Å²) in [5.74, 6) is -0.119. The van der Waals surface area contributed by atoms with Crippen LogP contribution in [0.1, 0.15) is 24.1 Å². The molecule has 1 atom stereocenters. The number of hydrogen-bond donors (Lipinski definition) is 1. The minimum absolute atomic E-state index is 0.119. The summed E-state index contributed by atoms with van der Waals surface area (Å²) >= 11 is 3.31. The molecule has 1 N–H and O–H groups in total.